The summed E-state index contributed by atoms with van der Waals surface area (Å²) in [5.41, 5.74) is 0.431. The maximum absolute atomic E-state index is 11.7. The molecule has 0 amide bonds. The molecule has 130 valence electrons. The first kappa shape index (κ1) is 18.7. The molecule has 25 heavy (non-hydrogen) atoms. The van der Waals surface area contributed by atoms with Gasteiger partial charge in [0.25, 0.3) is 0 Å². The van der Waals surface area contributed by atoms with Crippen molar-refractivity contribution < 1.29 is 23.9 Å². The summed E-state index contributed by atoms with van der Waals surface area (Å²) in [6, 6.07) is 12.2. The molecular formula is C16H12Cl2N2O5. The van der Waals surface area contributed by atoms with Gasteiger partial charge in [-0.2, -0.15) is 0 Å². The van der Waals surface area contributed by atoms with E-state index in [1.54, 1.807) is 24.3 Å². The SMILES string of the molecule is O=C(OC/N=[N+](\[O-])COC(=O)c1cccc(Cl)c1)c1cccc(Cl)c1. The minimum Gasteiger partial charge on any atom is -0.597 e. The van der Waals surface area contributed by atoms with Crippen LogP contribution in [0.2, 0.25) is 10.0 Å². The number of esters is 2. The van der Waals surface area contributed by atoms with Crippen LogP contribution in [-0.4, -0.2) is 30.3 Å². The molecule has 0 N–H and O–H groups in total. The number of halogens is 2. The molecule has 0 fully saturated rings. The fourth-order valence-electron chi connectivity index (χ4n) is 1.70. The largest absolute Gasteiger partial charge is 0.597 e. The van der Waals surface area contributed by atoms with Gasteiger partial charge in [0.2, 0.25) is 6.73 Å². The highest BCUT2D eigenvalue weighted by Crippen LogP contribution is 2.12. The molecule has 0 unspecified atom stereocenters. The van der Waals surface area contributed by atoms with Crippen LogP contribution in [0.4, 0.5) is 0 Å². The number of hydrogen-bond acceptors (Lipinski definition) is 6. The molecule has 0 aliphatic carbocycles. The lowest BCUT2D eigenvalue weighted by atomic mass is 10.2. The van der Waals surface area contributed by atoms with Crippen LogP contribution >= 0.6 is 23.2 Å². The number of benzene rings is 2. The van der Waals surface area contributed by atoms with Crippen LogP contribution in [0.15, 0.2) is 53.6 Å². The van der Waals surface area contributed by atoms with Crippen LogP contribution in [0.5, 0.6) is 0 Å². The average molecular weight is 383 g/mol. The molecular weight excluding hydrogens is 371 g/mol. The first-order valence-corrected chi connectivity index (χ1v) is 7.69. The second-order valence-corrected chi connectivity index (χ2v) is 5.51. The highest BCUT2D eigenvalue weighted by molar-refractivity contribution is 6.31. The Balaban J connectivity index is 1.80. The van der Waals surface area contributed by atoms with Crippen molar-refractivity contribution >= 4 is 35.1 Å². The van der Waals surface area contributed by atoms with E-state index in [0.717, 1.165) is 0 Å². The van der Waals surface area contributed by atoms with Crippen molar-refractivity contribution in [3.63, 3.8) is 0 Å². The quantitative estimate of drug-likeness (QED) is 0.248. The third-order valence-electron chi connectivity index (χ3n) is 2.84. The maximum Gasteiger partial charge on any atom is 0.343 e. The topological polar surface area (TPSA) is 91.0 Å². The Morgan fingerprint density at radius 3 is 2.00 bits per heavy atom. The minimum absolute atomic E-state index is 0.0910. The van der Waals surface area contributed by atoms with E-state index in [9.17, 15) is 14.8 Å². The molecule has 0 aromatic heterocycles. The monoisotopic (exact) mass is 382 g/mol. The molecule has 0 aliphatic rings. The van der Waals surface area contributed by atoms with Crippen molar-refractivity contribution in [2.45, 2.75) is 0 Å². The van der Waals surface area contributed by atoms with Crippen LogP contribution in [0.3, 0.4) is 0 Å². The lowest BCUT2D eigenvalue weighted by Crippen LogP contribution is -2.14. The van der Waals surface area contributed by atoms with Gasteiger partial charge in [-0.05, 0) is 36.4 Å². The summed E-state index contributed by atoms with van der Waals surface area (Å²) < 4.78 is 9.56. The van der Waals surface area contributed by atoms with Crippen molar-refractivity contribution in [3.05, 3.63) is 74.9 Å². The second-order valence-electron chi connectivity index (χ2n) is 4.64. The summed E-state index contributed by atoms with van der Waals surface area (Å²) in [5, 5.41) is 15.6. The van der Waals surface area contributed by atoms with Crippen molar-refractivity contribution in [3.8, 4) is 0 Å². The zero-order chi connectivity index (χ0) is 18.2. The normalized spacial score (nSPS) is 11.0. The number of carbonyl (C=O) groups is 2. The molecule has 2 aromatic rings. The van der Waals surface area contributed by atoms with Gasteiger partial charge in [0.05, 0.1) is 11.1 Å². The smallest absolute Gasteiger partial charge is 0.343 e. The summed E-state index contributed by atoms with van der Waals surface area (Å²) in [5.74, 6) is -1.41. The molecule has 0 saturated heterocycles. The molecule has 0 radical (unpaired) electrons. The predicted molar refractivity (Wildman–Crippen MR) is 89.5 cm³/mol. The predicted octanol–water partition coefficient (Wildman–Crippen LogP) is 3.88. The highest BCUT2D eigenvalue weighted by atomic mass is 35.5. The zero-order valence-electron chi connectivity index (χ0n) is 12.7. The average Bonchev–Trinajstić information content (AvgIpc) is 2.59. The van der Waals surface area contributed by atoms with Gasteiger partial charge in [-0.3, -0.25) is 0 Å². The van der Waals surface area contributed by atoms with E-state index in [1.807, 2.05) is 0 Å². The number of hydrogen-bond donors (Lipinski definition) is 0. The van der Waals surface area contributed by atoms with Crippen LogP contribution in [-0.2, 0) is 9.47 Å². The molecule has 0 spiro atoms. The number of ether oxygens (including phenoxy) is 2. The second kappa shape index (κ2) is 9.00. The van der Waals surface area contributed by atoms with Crippen LogP contribution in [0, 0.1) is 5.21 Å². The Bertz CT molecular complexity index is 811. The van der Waals surface area contributed by atoms with Crippen molar-refractivity contribution in [2.75, 3.05) is 13.5 Å². The van der Waals surface area contributed by atoms with E-state index in [4.69, 9.17) is 32.7 Å². The summed E-state index contributed by atoms with van der Waals surface area (Å²) in [7, 11) is 0. The Labute approximate surface area is 153 Å². The first-order chi connectivity index (χ1) is 12.0. The molecule has 9 heteroatoms. The van der Waals surface area contributed by atoms with Gasteiger partial charge in [-0.25, -0.2) is 9.59 Å². The standard InChI is InChI=1S/C16H12Cl2N2O5/c17-13-5-1-3-11(7-13)15(21)24-9-19-20(23)10-25-16(22)12-4-2-6-14(18)8-12/h1-8H,9-10H2/b20-19-. The number of azo groups is 1. The van der Waals surface area contributed by atoms with Gasteiger partial charge in [0.15, 0.2) is 0 Å². The Morgan fingerprint density at radius 2 is 1.48 bits per heavy atom. The van der Waals surface area contributed by atoms with E-state index in [0.29, 0.717) is 10.0 Å². The number of rotatable bonds is 6. The highest BCUT2D eigenvalue weighted by Gasteiger charge is 2.11. The summed E-state index contributed by atoms with van der Waals surface area (Å²) in [6.45, 7) is -1.18. The molecule has 0 heterocycles. The summed E-state index contributed by atoms with van der Waals surface area (Å²) in [6.07, 6.45) is 0. The summed E-state index contributed by atoms with van der Waals surface area (Å²) >= 11 is 11.5. The van der Waals surface area contributed by atoms with Gasteiger partial charge in [0.1, 0.15) is 0 Å². The van der Waals surface area contributed by atoms with Crippen LogP contribution < -0.4 is 0 Å². The zero-order valence-corrected chi connectivity index (χ0v) is 14.2. The molecule has 7 nitrogen and oxygen atoms in total. The van der Waals surface area contributed by atoms with E-state index < -0.39 is 25.4 Å². The number of hydroxylamine groups is 1. The van der Waals surface area contributed by atoms with Crippen LogP contribution in [0.25, 0.3) is 0 Å². The minimum atomic E-state index is -0.727. The molecule has 0 bridgehead atoms. The van der Waals surface area contributed by atoms with E-state index in [-0.39, 0.29) is 16.0 Å². The van der Waals surface area contributed by atoms with Crippen molar-refractivity contribution in [1.82, 2.24) is 0 Å². The molecule has 0 saturated carbocycles. The van der Waals surface area contributed by atoms with E-state index in [1.165, 1.54) is 24.3 Å². The lowest BCUT2D eigenvalue weighted by Gasteiger charge is -2.04. The Morgan fingerprint density at radius 1 is 0.960 bits per heavy atom. The summed E-state index contributed by atoms with van der Waals surface area (Å²) in [4.78, 5) is 23.5. The van der Waals surface area contributed by atoms with Gasteiger partial charge in [-0.1, -0.05) is 40.2 Å². The number of carbonyl (C=O) groups excluding carboxylic acids is 2. The first-order valence-electron chi connectivity index (χ1n) is 6.93. The van der Waals surface area contributed by atoms with Crippen molar-refractivity contribution in [1.29, 1.82) is 0 Å². The Kier molecular flexibility index (Phi) is 6.73. The lowest BCUT2D eigenvalue weighted by molar-refractivity contribution is -0.566. The third kappa shape index (κ3) is 6.06. The third-order valence-corrected chi connectivity index (χ3v) is 3.31. The molecule has 0 aliphatic heterocycles. The fourth-order valence-corrected chi connectivity index (χ4v) is 2.08. The van der Waals surface area contributed by atoms with E-state index >= 15 is 0 Å². The van der Waals surface area contributed by atoms with Crippen LogP contribution in [0.1, 0.15) is 20.7 Å². The maximum atomic E-state index is 11.7. The van der Waals surface area contributed by atoms with Gasteiger partial charge < -0.3 is 14.7 Å². The van der Waals surface area contributed by atoms with E-state index in [2.05, 4.69) is 5.11 Å². The van der Waals surface area contributed by atoms with Gasteiger partial charge >= 0.3 is 18.7 Å². The van der Waals surface area contributed by atoms with Crippen molar-refractivity contribution in [2.24, 2.45) is 5.11 Å². The Hall–Kier alpha value is -2.64. The van der Waals surface area contributed by atoms with Gasteiger partial charge in [-0.15, -0.1) is 0 Å². The molecule has 0 atom stereocenters. The molecule has 2 rings (SSSR count). The fraction of sp³-hybridized carbons (Fsp3) is 0.125. The number of nitrogens with zero attached hydrogens (tertiary/aromatic N) is 2. The van der Waals surface area contributed by atoms with Gasteiger partial charge in [0, 0.05) is 15.2 Å². The molecule has 2 aromatic carbocycles.